The first-order valence-corrected chi connectivity index (χ1v) is 7.58. The van der Waals surface area contributed by atoms with E-state index in [-0.39, 0.29) is 5.54 Å². The minimum atomic E-state index is -0.530. The molecule has 1 saturated carbocycles. The lowest BCUT2D eigenvalue weighted by molar-refractivity contribution is 0.0459. The predicted molar refractivity (Wildman–Crippen MR) is 82.1 cm³/mol. The molecular weight excluding hydrogens is 266 g/mol. The van der Waals surface area contributed by atoms with Crippen LogP contribution in [0.25, 0.3) is 0 Å². The molecule has 1 aliphatic rings. The summed E-state index contributed by atoms with van der Waals surface area (Å²) in [7, 11) is 0. The maximum absolute atomic E-state index is 12.1. The number of aromatic nitrogens is 2. The van der Waals surface area contributed by atoms with E-state index in [4.69, 9.17) is 4.74 Å². The molecule has 1 N–H and O–H groups in total. The van der Waals surface area contributed by atoms with Crippen molar-refractivity contribution in [1.29, 1.82) is 0 Å². The summed E-state index contributed by atoms with van der Waals surface area (Å²) in [6, 6.07) is 0. The standard InChI is InChI=1S/C16H27N3O2/c1-14(2,3)21-13(20)18-15(4,5)12-10-17-11-19(12)16(6)8-7-9-16/h10-11H,7-9H2,1-6H3,(H,18,20). The van der Waals surface area contributed by atoms with E-state index >= 15 is 0 Å². The van der Waals surface area contributed by atoms with Gasteiger partial charge in [-0.25, -0.2) is 9.78 Å². The maximum atomic E-state index is 12.1. The summed E-state index contributed by atoms with van der Waals surface area (Å²) in [5, 5.41) is 2.95. The summed E-state index contributed by atoms with van der Waals surface area (Å²) >= 11 is 0. The SMILES string of the molecule is CC(C)(C)OC(=O)NC(C)(C)c1cncn1C1(C)CCC1. The predicted octanol–water partition coefficient (Wildman–Crippen LogP) is 3.54. The fourth-order valence-electron chi connectivity index (χ4n) is 2.74. The Balaban J connectivity index is 2.17. The van der Waals surface area contributed by atoms with Gasteiger partial charge in [-0.3, -0.25) is 0 Å². The molecular formula is C16H27N3O2. The summed E-state index contributed by atoms with van der Waals surface area (Å²) in [4.78, 5) is 16.3. The maximum Gasteiger partial charge on any atom is 0.408 e. The van der Waals surface area contributed by atoms with Crippen LogP contribution >= 0.6 is 0 Å². The fourth-order valence-corrected chi connectivity index (χ4v) is 2.74. The van der Waals surface area contributed by atoms with Crippen molar-refractivity contribution in [3.63, 3.8) is 0 Å². The van der Waals surface area contributed by atoms with Crippen LogP contribution in [0, 0.1) is 0 Å². The number of imidazole rings is 1. The lowest BCUT2D eigenvalue weighted by atomic mass is 9.77. The molecule has 1 heterocycles. The first-order chi connectivity index (χ1) is 9.54. The van der Waals surface area contributed by atoms with Gasteiger partial charge in [0.2, 0.25) is 0 Å². The van der Waals surface area contributed by atoms with Crippen LogP contribution in [0.1, 0.15) is 66.5 Å². The molecule has 5 heteroatoms. The zero-order valence-electron chi connectivity index (χ0n) is 14.0. The van der Waals surface area contributed by atoms with Crippen LogP contribution < -0.4 is 5.32 Å². The highest BCUT2D eigenvalue weighted by Crippen LogP contribution is 2.40. The van der Waals surface area contributed by atoms with Gasteiger partial charge in [0.25, 0.3) is 0 Å². The van der Waals surface area contributed by atoms with Gasteiger partial charge in [-0.15, -0.1) is 0 Å². The number of hydrogen-bond donors (Lipinski definition) is 1. The van der Waals surface area contributed by atoms with E-state index in [0.29, 0.717) is 0 Å². The molecule has 2 rings (SSSR count). The molecule has 0 bridgehead atoms. The lowest BCUT2D eigenvalue weighted by Crippen LogP contribution is -2.47. The summed E-state index contributed by atoms with van der Waals surface area (Å²) in [5.41, 5.74) is 0.104. The summed E-state index contributed by atoms with van der Waals surface area (Å²) in [5.74, 6) is 0. The second-order valence-electron chi connectivity index (χ2n) is 7.75. The first-order valence-electron chi connectivity index (χ1n) is 7.58. The van der Waals surface area contributed by atoms with E-state index in [1.54, 1.807) is 0 Å². The lowest BCUT2D eigenvalue weighted by Gasteiger charge is -2.43. The second-order valence-corrected chi connectivity index (χ2v) is 7.75. The van der Waals surface area contributed by atoms with Crippen molar-refractivity contribution in [2.75, 3.05) is 0 Å². The highest BCUT2D eigenvalue weighted by molar-refractivity contribution is 5.68. The number of nitrogens with zero attached hydrogens (tertiary/aromatic N) is 2. The van der Waals surface area contributed by atoms with E-state index in [0.717, 1.165) is 18.5 Å². The number of alkyl carbamates (subject to hydrolysis) is 1. The van der Waals surface area contributed by atoms with Crippen molar-refractivity contribution in [2.45, 2.75) is 77.5 Å². The molecule has 1 amide bonds. The minimum Gasteiger partial charge on any atom is -0.444 e. The third kappa shape index (κ3) is 3.39. The Bertz CT molecular complexity index is 522. The molecule has 0 spiro atoms. The quantitative estimate of drug-likeness (QED) is 0.927. The van der Waals surface area contributed by atoms with Crippen LogP contribution in [0.2, 0.25) is 0 Å². The number of carbonyl (C=O) groups excluding carboxylic acids is 1. The summed E-state index contributed by atoms with van der Waals surface area (Å²) in [6.07, 6.45) is 6.85. The molecule has 0 aliphatic heterocycles. The molecule has 1 aromatic rings. The Morgan fingerprint density at radius 2 is 1.95 bits per heavy atom. The molecule has 21 heavy (non-hydrogen) atoms. The number of nitrogens with one attached hydrogen (secondary N) is 1. The number of carbonyl (C=O) groups is 1. The molecule has 5 nitrogen and oxygen atoms in total. The zero-order valence-corrected chi connectivity index (χ0v) is 14.0. The average Bonchev–Trinajstić information content (AvgIpc) is 2.71. The van der Waals surface area contributed by atoms with E-state index in [2.05, 4.69) is 21.8 Å². The van der Waals surface area contributed by atoms with Crippen LogP contribution in [0.4, 0.5) is 4.79 Å². The monoisotopic (exact) mass is 293 g/mol. The Kier molecular flexibility index (Phi) is 3.80. The fraction of sp³-hybridized carbons (Fsp3) is 0.750. The van der Waals surface area contributed by atoms with Gasteiger partial charge in [0.1, 0.15) is 5.60 Å². The molecule has 1 aliphatic carbocycles. The largest absolute Gasteiger partial charge is 0.444 e. The van der Waals surface area contributed by atoms with E-state index in [1.807, 2.05) is 47.1 Å². The topological polar surface area (TPSA) is 56.1 Å². The number of amides is 1. The molecule has 1 aromatic heterocycles. The molecule has 0 aromatic carbocycles. The first kappa shape index (κ1) is 15.9. The molecule has 0 radical (unpaired) electrons. The van der Waals surface area contributed by atoms with Crippen molar-refractivity contribution >= 4 is 6.09 Å². The Morgan fingerprint density at radius 1 is 1.33 bits per heavy atom. The van der Waals surface area contributed by atoms with Crippen LogP contribution in [-0.2, 0) is 15.8 Å². The van der Waals surface area contributed by atoms with Gasteiger partial charge in [0.05, 0.1) is 23.8 Å². The Labute approximate surface area is 127 Å². The highest BCUT2D eigenvalue weighted by atomic mass is 16.6. The molecule has 1 fully saturated rings. The smallest absolute Gasteiger partial charge is 0.408 e. The Hall–Kier alpha value is -1.52. The number of rotatable bonds is 3. The third-order valence-electron chi connectivity index (χ3n) is 4.10. The van der Waals surface area contributed by atoms with Crippen LogP contribution in [-0.4, -0.2) is 21.2 Å². The van der Waals surface area contributed by atoms with Crippen molar-refractivity contribution in [1.82, 2.24) is 14.9 Å². The Morgan fingerprint density at radius 3 is 2.43 bits per heavy atom. The highest BCUT2D eigenvalue weighted by Gasteiger charge is 2.38. The van der Waals surface area contributed by atoms with E-state index in [1.165, 1.54) is 6.42 Å². The van der Waals surface area contributed by atoms with Gasteiger partial charge in [-0.1, -0.05) is 0 Å². The van der Waals surface area contributed by atoms with Gasteiger partial charge in [0, 0.05) is 5.54 Å². The van der Waals surface area contributed by atoms with E-state index in [9.17, 15) is 4.79 Å². The second kappa shape index (κ2) is 5.04. The number of ether oxygens (including phenoxy) is 1. The summed E-state index contributed by atoms with van der Waals surface area (Å²) < 4.78 is 7.56. The van der Waals surface area contributed by atoms with Crippen LogP contribution in [0.5, 0.6) is 0 Å². The van der Waals surface area contributed by atoms with Gasteiger partial charge >= 0.3 is 6.09 Å². The van der Waals surface area contributed by atoms with Crippen molar-refractivity contribution < 1.29 is 9.53 Å². The molecule has 0 atom stereocenters. The number of hydrogen-bond acceptors (Lipinski definition) is 3. The van der Waals surface area contributed by atoms with Crippen molar-refractivity contribution in [3.05, 3.63) is 18.2 Å². The van der Waals surface area contributed by atoms with Gasteiger partial charge < -0.3 is 14.6 Å². The van der Waals surface area contributed by atoms with Crippen LogP contribution in [0.15, 0.2) is 12.5 Å². The minimum absolute atomic E-state index is 0.124. The zero-order chi connectivity index (χ0) is 15.9. The summed E-state index contributed by atoms with van der Waals surface area (Å²) in [6.45, 7) is 11.8. The van der Waals surface area contributed by atoms with Gasteiger partial charge in [-0.2, -0.15) is 0 Å². The molecule has 118 valence electrons. The van der Waals surface area contributed by atoms with Crippen molar-refractivity contribution in [2.24, 2.45) is 0 Å². The van der Waals surface area contributed by atoms with Crippen molar-refractivity contribution in [3.8, 4) is 0 Å². The van der Waals surface area contributed by atoms with Crippen LogP contribution in [0.3, 0.4) is 0 Å². The normalized spacial score (nSPS) is 18.0. The van der Waals surface area contributed by atoms with E-state index < -0.39 is 17.2 Å². The molecule has 0 unspecified atom stereocenters. The van der Waals surface area contributed by atoms with Gasteiger partial charge in [0.15, 0.2) is 0 Å². The molecule has 0 saturated heterocycles. The average molecular weight is 293 g/mol. The van der Waals surface area contributed by atoms with Gasteiger partial charge in [-0.05, 0) is 60.8 Å². The third-order valence-corrected chi connectivity index (χ3v) is 4.10.